The highest BCUT2D eigenvalue weighted by Gasteiger charge is 2.23. The molecule has 27 heavy (non-hydrogen) atoms. The normalized spacial score (nSPS) is 14.6. The highest BCUT2D eigenvalue weighted by Crippen LogP contribution is 2.27. The fraction of sp³-hybridized carbons (Fsp3) is 0.579. The molecule has 0 radical (unpaired) electrons. The van der Waals surface area contributed by atoms with Crippen LogP contribution in [0.2, 0.25) is 0 Å². The van der Waals surface area contributed by atoms with Gasteiger partial charge in [-0.25, -0.2) is 4.79 Å². The third-order valence-electron chi connectivity index (χ3n) is 4.51. The van der Waals surface area contributed by atoms with Gasteiger partial charge in [0.2, 0.25) is 0 Å². The number of benzene rings is 1. The lowest BCUT2D eigenvalue weighted by Crippen LogP contribution is -2.46. The Morgan fingerprint density at radius 2 is 1.81 bits per heavy atom. The van der Waals surface area contributed by atoms with Crippen LogP contribution in [0.3, 0.4) is 0 Å². The number of carbonyl (C=O) groups is 2. The summed E-state index contributed by atoms with van der Waals surface area (Å²) in [5, 5.41) is 6.31. The topological polar surface area (TPSA) is 89.1 Å². The van der Waals surface area contributed by atoms with E-state index in [1.165, 1.54) is 7.11 Å². The SMILES string of the molecule is CCOC(=O)N1CCC(NCCNC(=O)c2ccc(OC)c(OC)c2)CC1. The number of nitrogens with one attached hydrogen (secondary N) is 2. The standard InChI is InChI=1S/C19H29N3O5/c1-4-27-19(24)22-11-7-15(8-12-22)20-9-10-21-18(23)14-5-6-16(25-2)17(13-14)26-3/h5-6,13,15,20H,4,7-12H2,1-3H3,(H,21,23). The molecule has 1 fully saturated rings. The molecule has 0 atom stereocenters. The third kappa shape index (κ3) is 6.02. The first-order chi connectivity index (χ1) is 13.1. The van der Waals surface area contributed by atoms with E-state index in [0.29, 0.717) is 55.9 Å². The summed E-state index contributed by atoms with van der Waals surface area (Å²) in [6.07, 6.45) is 1.52. The summed E-state index contributed by atoms with van der Waals surface area (Å²) >= 11 is 0. The van der Waals surface area contributed by atoms with Gasteiger partial charge >= 0.3 is 6.09 Å². The van der Waals surface area contributed by atoms with Crippen LogP contribution in [-0.4, -0.2) is 69.9 Å². The summed E-state index contributed by atoms with van der Waals surface area (Å²) in [6.45, 7) is 4.77. The van der Waals surface area contributed by atoms with Crippen LogP contribution >= 0.6 is 0 Å². The summed E-state index contributed by atoms with van der Waals surface area (Å²) in [5.74, 6) is 0.955. The second kappa shape index (κ2) is 10.6. The van der Waals surface area contributed by atoms with Gasteiger partial charge in [0.05, 0.1) is 20.8 Å². The van der Waals surface area contributed by atoms with Crippen molar-refractivity contribution in [3.63, 3.8) is 0 Å². The van der Waals surface area contributed by atoms with Gasteiger partial charge in [-0.2, -0.15) is 0 Å². The van der Waals surface area contributed by atoms with Gasteiger partial charge in [-0.1, -0.05) is 0 Å². The molecule has 2 N–H and O–H groups in total. The Bertz CT molecular complexity index is 630. The Morgan fingerprint density at radius 1 is 1.11 bits per heavy atom. The summed E-state index contributed by atoms with van der Waals surface area (Å²) in [6, 6.07) is 5.42. The van der Waals surface area contributed by atoms with Crippen LogP contribution in [0.4, 0.5) is 4.79 Å². The molecule has 1 aliphatic heterocycles. The molecule has 0 saturated carbocycles. The highest BCUT2D eigenvalue weighted by atomic mass is 16.6. The molecule has 8 nitrogen and oxygen atoms in total. The lowest BCUT2D eigenvalue weighted by molar-refractivity contribution is 0.0931. The number of carbonyl (C=O) groups excluding carboxylic acids is 2. The first kappa shape index (κ1) is 20.8. The number of ether oxygens (including phenoxy) is 3. The quantitative estimate of drug-likeness (QED) is 0.668. The zero-order valence-corrected chi connectivity index (χ0v) is 16.2. The summed E-state index contributed by atoms with van der Waals surface area (Å²) < 4.78 is 15.4. The smallest absolute Gasteiger partial charge is 0.409 e. The zero-order valence-electron chi connectivity index (χ0n) is 16.2. The van der Waals surface area contributed by atoms with Crippen molar-refractivity contribution in [2.45, 2.75) is 25.8 Å². The lowest BCUT2D eigenvalue weighted by atomic mass is 10.1. The van der Waals surface area contributed by atoms with Crippen LogP contribution in [0.5, 0.6) is 11.5 Å². The molecule has 150 valence electrons. The number of nitrogens with zero attached hydrogens (tertiary/aromatic N) is 1. The third-order valence-corrected chi connectivity index (χ3v) is 4.51. The maximum Gasteiger partial charge on any atom is 0.409 e. The van der Waals surface area contributed by atoms with E-state index in [-0.39, 0.29) is 12.0 Å². The first-order valence-corrected chi connectivity index (χ1v) is 9.24. The van der Waals surface area contributed by atoms with Crippen LogP contribution in [0, 0.1) is 0 Å². The van der Waals surface area contributed by atoms with Crippen LogP contribution in [0.15, 0.2) is 18.2 Å². The Kier molecular flexibility index (Phi) is 8.19. The molecule has 0 bridgehead atoms. The Balaban J connectivity index is 1.68. The number of likely N-dealkylation sites (tertiary alicyclic amines) is 1. The molecule has 2 rings (SSSR count). The molecule has 0 aromatic heterocycles. The molecule has 8 heteroatoms. The largest absolute Gasteiger partial charge is 0.493 e. The Morgan fingerprint density at radius 3 is 2.44 bits per heavy atom. The van der Waals surface area contributed by atoms with Gasteiger partial charge in [-0.15, -0.1) is 0 Å². The van der Waals surface area contributed by atoms with Crippen molar-refractivity contribution < 1.29 is 23.8 Å². The first-order valence-electron chi connectivity index (χ1n) is 9.24. The van der Waals surface area contributed by atoms with E-state index < -0.39 is 0 Å². The second-order valence-corrected chi connectivity index (χ2v) is 6.24. The van der Waals surface area contributed by atoms with E-state index >= 15 is 0 Å². The van der Waals surface area contributed by atoms with E-state index in [4.69, 9.17) is 14.2 Å². The summed E-state index contributed by atoms with van der Waals surface area (Å²) in [7, 11) is 3.09. The summed E-state index contributed by atoms with van der Waals surface area (Å²) in [5.41, 5.74) is 0.524. The fourth-order valence-electron chi connectivity index (χ4n) is 3.01. The van der Waals surface area contributed by atoms with Gasteiger partial charge in [-0.3, -0.25) is 4.79 Å². The van der Waals surface area contributed by atoms with Gasteiger partial charge in [0.15, 0.2) is 11.5 Å². The monoisotopic (exact) mass is 379 g/mol. The fourth-order valence-corrected chi connectivity index (χ4v) is 3.01. The van der Waals surface area contributed by atoms with E-state index in [9.17, 15) is 9.59 Å². The average Bonchev–Trinajstić information content (AvgIpc) is 2.71. The number of hydrogen-bond acceptors (Lipinski definition) is 6. The number of rotatable bonds is 8. The minimum absolute atomic E-state index is 0.158. The lowest BCUT2D eigenvalue weighted by Gasteiger charge is -2.31. The molecular formula is C19H29N3O5. The number of methoxy groups -OCH3 is 2. The van der Waals surface area contributed by atoms with Crippen molar-refractivity contribution in [2.24, 2.45) is 0 Å². The van der Waals surface area contributed by atoms with Gasteiger partial charge in [-0.05, 0) is 38.0 Å². The van der Waals surface area contributed by atoms with Crippen LogP contribution in [0.1, 0.15) is 30.1 Å². The molecule has 1 aromatic rings. The minimum Gasteiger partial charge on any atom is -0.493 e. The predicted molar refractivity (Wildman–Crippen MR) is 101 cm³/mol. The van der Waals surface area contributed by atoms with Crippen molar-refractivity contribution in [1.82, 2.24) is 15.5 Å². The number of amides is 2. The molecule has 0 spiro atoms. The predicted octanol–water partition coefficient (Wildman–Crippen LogP) is 1.64. The average molecular weight is 379 g/mol. The van der Waals surface area contributed by atoms with Crippen LogP contribution < -0.4 is 20.1 Å². The Labute approximate surface area is 160 Å². The Hall–Kier alpha value is -2.48. The molecule has 1 heterocycles. The van der Waals surface area contributed by atoms with E-state index in [1.807, 2.05) is 6.92 Å². The molecule has 0 unspecified atom stereocenters. The van der Waals surface area contributed by atoms with Crippen molar-refractivity contribution >= 4 is 12.0 Å². The molecule has 1 saturated heterocycles. The van der Waals surface area contributed by atoms with Gasteiger partial charge in [0.25, 0.3) is 5.91 Å². The maximum absolute atomic E-state index is 12.2. The van der Waals surface area contributed by atoms with Crippen molar-refractivity contribution in [3.8, 4) is 11.5 Å². The van der Waals surface area contributed by atoms with E-state index in [0.717, 1.165) is 12.8 Å². The molecular weight excluding hydrogens is 350 g/mol. The van der Waals surface area contributed by atoms with Gasteiger partial charge < -0.3 is 29.7 Å². The molecule has 1 aliphatic rings. The zero-order chi connectivity index (χ0) is 19.6. The van der Waals surface area contributed by atoms with E-state index in [2.05, 4.69) is 10.6 Å². The van der Waals surface area contributed by atoms with Crippen LogP contribution in [-0.2, 0) is 4.74 Å². The van der Waals surface area contributed by atoms with Crippen LogP contribution in [0.25, 0.3) is 0 Å². The minimum atomic E-state index is -0.238. The van der Waals surface area contributed by atoms with Crippen molar-refractivity contribution in [1.29, 1.82) is 0 Å². The summed E-state index contributed by atoms with van der Waals surface area (Å²) in [4.78, 5) is 25.7. The highest BCUT2D eigenvalue weighted by molar-refractivity contribution is 5.94. The van der Waals surface area contributed by atoms with E-state index in [1.54, 1.807) is 30.2 Å². The van der Waals surface area contributed by atoms with Gasteiger partial charge in [0.1, 0.15) is 0 Å². The molecule has 0 aliphatic carbocycles. The van der Waals surface area contributed by atoms with Crippen molar-refractivity contribution in [3.05, 3.63) is 23.8 Å². The maximum atomic E-state index is 12.2. The van der Waals surface area contributed by atoms with Gasteiger partial charge in [0, 0.05) is 37.8 Å². The van der Waals surface area contributed by atoms with Crippen molar-refractivity contribution in [2.75, 3.05) is 47.0 Å². The number of piperidine rings is 1. The molecule has 1 aromatic carbocycles. The second-order valence-electron chi connectivity index (χ2n) is 6.24. The molecule has 2 amide bonds. The number of hydrogen-bond donors (Lipinski definition) is 2.